The molecule has 7 heteroatoms. The maximum Gasteiger partial charge on any atom is 0.248 e. The summed E-state index contributed by atoms with van der Waals surface area (Å²) in [7, 11) is 1.63. The molecule has 1 fully saturated rings. The molecule has 2 heterocycles. The Morgan fingerprint density at radius 1 is 1.36 bits per heavy atom. The molecule has 1 aliphatic heterocycles. The van der Waals surface area contributed by atoms with Gasteiger partial charge in [-0.2, -0.15) is 0 Å². The van der Waals surface area contributed by atoms with E-state index in [-0.39, 0.29) is 11.8 Å². The molecule has 6 nitrogen and oxygen atoms in total. The van der Waals surface area contributed by atoms with E-state index in [1.165, 1.54) is 11.3 Å². The van der Waals surface area contributed by atoms with Gasteiger partial charge in [0.1, 0.15) is 11.8 Å². The Labute approximate surface area is 169 Å². The van der Waals surface area contributed by atoms with Gasteiger partial charge < -0.3 is 15.0 Å². The molecule has 28 heavy (non-hydrogen) atoms. The topological polar surface area (TPSA) is 71.5 Å². The van der Waals surface area contributed by atoms with Crippen molar-refractivity contribution in [3.8, 4) is 17.0 Å². The summed E-state index contributed by atoms with van der Waals surface area (Å²) in [6.07, 6.45) is 3.88. The fourth-order valence-electron chi connectivity index (χ4n) is 3.53. The number of ether oxygens (including phenoxy) is 1. The Kier molecular flexibility index (Phi) is 6.67. The predicted molar refractivity (Wildman–Crippen MR) is 112 cm³/mol. The summed E-state index contributed by atoms with van der Waals surface area (Å²) in [4.78, 5) is 31.5. The van der Waals surface area contributed by atoms with E-state index in [2.05, 4.69) is 10.3 Å². The SMILES string of the molecule is CCCC(=O)N1CCCCC1C(=O)Nc1nc(-c2cc(C)ccc2OC)cs1. The molecule has 1 N–H and O–H groups in total. The zero-order valence-electron chi connectivity index (χ0n) is 16.7. The number of piperidine rings is 1. The van der Waals surface area contributed by atoms with Crippen molar-refractivity contribution in [1.82, 2.24) is 9.88 Å². The number of benzene rings is 1. The van der Waals surface area contributed by atoms with Crippen LogP contribution in [0.4, 0.5) is 5.13 Å². The number of carbonyl (C=O) groups excluding carboxylic acids is 2. The number of likely N-dealkylation sites (tertiary alicyclic amines) is 1. The lowest BCUT2D eigenvalue weighted by atomic mass is 10.0. The van der Waals surface area contributed by atoms with Crippen molar-refractivity contribution in [3.05, 3.63) is 29.1 Å². The predicted octanol–water partition coefficient (Wildman–Crippen LogP) is 4.25. The molecule has 3 rings (SSSR count). The number of rotatable bonds is 6. The van der Waals surface area contributed by atoms with E-state index in [9.17, 15) is 9.59 Å². The summed E-state index contributed by atoms with van der Waals surface area (Å²) in [5, 5.41) is 5.36. The molecular formula is C21H27N3O3S. The minimum atomic E-state index is -0.409. The highest BCUT2D eigenvalue weighted by atomic mass is 32.1. The van der Waals surface area contributed by atoms with E-state index >= 15 is 0 Å². The molecule has 150 valence electrons. The van der Waals surface area contributed by atoms with E-state index < -0.39 is 6.04 Å². The minimum absolute atomic E-state index is 0.0617. The van der Waals surface area contributed by atoms with Gasteiger partial charge in [0, 0.05) is 23.9 Å². The summed E-state index contributed by atoms with van der Waals surface area (Å²) < 4.78 is 5.44. The van der Waals surface area contributed by atoms with Gasteiger partial charge >= 0.3 is 0 Å². The lowest BCUT2D eigenvalue weighted by Crippen LogP contribution is -2.49. The Morgan fingerprint density at radius 2 is 2.18 bits per heavy atom. The van der Waals surface area contributed by atoms with E-state index in [0.717, 1.165) is 41.8 Å². The summed E-state index contributed by atoms with van der Waals surface area (Å²) >= 11 is 1.38. The highest BCUT2D eigenvalue weighted by molar-refractivity contribution is 7.14. The van der Waals surface area contributed by atoms with Gasteiger partial charge in [0.05, 0.1) is 12.8 Å². The van der Waals surface area contributed by atoms with Crippen molar-refractivity contribution in [1.29, 1.82) is 0 Å². The Hall–Kier alpha value is -2.41. The van der Waals surface area contributed by atoms with Gasteiger partial charge in [-0.3, -0.25) is 9.59 Å². The lowest BCUT2D eigenvalue weighted by Gasteiger charge is -2.34. The molecule has 0 radical (unpaired) electrons. The second-order valence-corrected chi connectivity index (χ2v) is 7.94. The van der Waals surface area contributed by atoms with Crippen LogP contribution in [0.15, 0.2) is 23.6 Å². The van der Waals surface area contributed by atoms with E-state index in [0.29, 0.717) is 24.5 Å². The van der Waals surface area contributed by atoms with Crippen LogP contribution in [-0.2, 0) is 9.59 Å². The number of hydrogen-bond donors (Lipinski definition) is 1. The highest BCUT2D eigenvalue weighted by Crippen LogP contribution is 2.33. The molecule has 0 aliphatic carbocycles. The molecule has 1 aliphatic rings. The van der Waals surface area contributed by atoms with Crippen molar-refractivity contribution in [2.45, 2.75) is 52.0 Å². The van der Waals surface area contributed by atoms with Crippen LogP contribution in [0.1, 0.15) is 44.6 Å². The first-order chi connectivity index (χ1) is 13.5. The standard InChI is InChI=1S/C21H27N3O3S/c1-4-7-19(25)24-11-6-5-8-17(24)20(26)23-21-22-16(13-28-21)15-12-14(2)9-10-18(15)27-3/h9-10,12-13,17H,4-8,11H2,1-3H3,(H,22,23,26). The van der Waals surface area contributed by atoms with Crippen molar-refractivity contribution in [3.63, 3.8) is 0 Å². The fraction of sp³-hybridized carbons (Fsp3) is 0.476. The number of methoxy groups -OCH3 is 1. The van der Waals surface area contributed by atoms with Crippen LogP contribution in [0.25, 0.3) is 11.3 Å². The van der Waals surface area contributed by atoms with Crippen molar-refractivity contribution >= 4 is 28.3 Å². The van der Waals surface area contributed by atoms with Crippen molar-refractivity contribution in [2.24, 2.45) is 0 Å². The normalized spacial score (nSPS) is 16.7. The summed E-state index contributed by atoms with van der Waals surface area (Å²) in [5.74, 6) is 0.658. The zero-order valence-corrected chi connectivity index (χ0v) is 17.5. The first-order valence-corrected chi connectivity index (χ1v) is 10.6. The number of hydrogen-bond acceptors (Lipinski definition) is 5. The van der Waals surface area contributed by atoms with E-state index in [1.807, 2.05) is 37.4 Å². The van der Waals surface area contributed by atoms with Gasteiger partial charge in [-0.25, -0.2) is 4.98 Å². The molecule has 1 unspecified atom stereocenters. The van der Waals surface area contributed by atoms with Crippen LogP contribution in [0.3, 0.4) is 0 Å². The molecule has 2 aromatic rings. The number of thiazole rings is 1. The molecular weight excluding hydrogens is 374 g/mol. The number of aryl methyl sites for hydroxylation is 1. The number of nitrogens with one attached hydrogen (secondary N) is 1. The van der Waals surface area contributed by atoms with Crippen molar-refractivity contribution in [2.75, 3.05) is 19.0 Å². The Balaban J connectivity index is 1.75. The largest absolute Gasteiger partial charge is 0.496 e. The van der Waals surface area contributed by atoms with Gasteiger partial charge in [0.2, 0.25) is 11.8 Å². The summed E-state index contributed by atoms with van der Waals surface area (Å²) in [6, 6.07) is 5.52. The molecule has 0 saturated carbocycles. The maximum atomic E-state index is 12.8. The molecule has 0 bridgehead atoms. The molecule has 1 aromatic heterocycles. The third-order valence-corrected chi connectivity index (χ3v) is 5.71. The molecule has 1 atom stereocenters. The smallest absolute Gasteiger partial charge is 0.248 e. The van der Waals surface area contributed by atoms with Crippen molar-refractivity contribution < 1.29 is 14.3 Å². The third-order valence-electron chi connectivity index (χ3n) is 4.95. The fourth-order valence-corrected chi connectivity index (χ4v) is 4.24. The van der Waals surface area contributed by atoms with Gasteiger partial charge in [-0.05, 0) is 44.7 Å². The van der Waals surface area contributed by atoms with Crippen LogP contribution < -0.4 is 10.1 Å². The third kappa shape index (κ3) is 4.52. The second kappa shape index (κ2) is 9.19. The van der Waals surface area contributed by atoms with Crippen LogP contribution >= 0.6 is 11.3 Å². The van der Waals surface area contributed by atoms with Gasteiger partial charge in [0.15, 0.2) is 5.13 Å². The lowest BCUT2D eigenvalue weighted by molar-refractivity contribution is -0.140. The minimum Gasteiger partial charge on any atom is -0.496 e. The second-order valence-electron chi connectivity index (χ2n) is 7.08. The number of amides is 2. The first-order valence-electron chi connectivity index (χ1n) is 9.74. The molecule has 1 aromatic carbocycles. The number of anilines is 1. The highest BCUT2D eigenvalue weighted by Gasteiger charge is 2.32. The van der Waals surface area contributed by atoms with E-state index in [1.54, 1.807) is 12.0 Å². The number of carbonyl (C=O) groups is 2. The molecule has 2 amide bonds. The van der Waals surface area contributed by atoms with Crippen LogP contribution in [0, 0.1) is 6.92 Å². The van der Waals surface area contributed by atoms with Gasteiger partial charge in [-0.15, -0.1) is 11.3 Å². The summed E-state index contributed by atoms with van der Waals surface area (Å²) in [6.45, 7) is 4.65. The Morgan fingerprint density at radius 3 is 2.93 bits per heavy atom. The zero-order chi connectivity index (χ0) is 20.1. The average Bonchev–Trinajstić information content (AvgIpc) is 3.16. The van der Waals surface area contributed by atoms with Crippen LogP contribution in [0.2, 0.25) is 0 Å². The average molecular weight is 402 g/mol. The number of aromatic nitrogens is 1. The van der Waals surface area contributed by atoms with Gasteiger partial charge in [0.25, 0.3) is 0 Å². The first kappa shape index (κ1) is 20.3. The molecule has 0 spiro atoms. The van der Waals surface area contributed by atoms with Crippen LogP contribution in [0.5, 0.6) is 5.75 Å². The van der Waals surface area contributed by atoms with E-state index in [4.69, 9.17) is 4.74 Å². The van der Waals surface area contributed by atoms with Gasteiger partial charge in [-0.1, -0.05) is 18.6 Å². The quantitative estimate of drug-likeness (QED) is 0.786. The molecule has 1 saturated heterocycles. The monoisotopic (exact) mass is 401 g/mol. The number of nitrogens with zero attached hydrogens (tertiary/aromatic N) is 2. The summed E-state index contributed by atoms with van der Waals surface area (Å²) in [5.41, 5.74) is 2.78. The van der Waals surface area contributed by atoms with Crippen LogP contribution in [-0.4, -0.2) is 41.4 Å². The maximum absolute atomic E-state index is 12.8. The Bertz CT molecular complexity index is 849.